The lowest BCUT2D eigenvalue weighted by Gasteiger charge is -2.30. The maximum atomic E-state index is 12.1. The highest BCUT2D eigenvalue weighted by atomic mass is 35.5. The van der Waals surface area contributed by atoms with Gasteiger partial charge in [0, 0.05) is 25.0 Å². The van der Waals surface area contributed by atoms with Crippen LogP contribution in [0.25, 0.3) is 0 Å². The van der Waals surface area contributed by atoms with Gasteiger partial charge >= 0.3 is 5.97 Å². The van der Waals surface area contributed by atoms with Crippen LogP contribution in [0.15, 0.2) is 30.6 Å². The number of carboxylic acid groups (broad SMARTS) is 1. The molecule has 1 N–H and O–H groups in total. The minimum absolute atomic E-state index is 0.0382. The van der Waals surface area contributed by atoms with Crippen molar-refractivity contribution in [3.8, 4) is 11.5 Å². The minimum atomic E-state index is -0.990. The molecule has 0 bridgehead atoms. The topological polar surface area (TPSA) is 102 Å². The first kappa shape index (κ1) is 18.9. The van der Waals surface area contributed by atoms with Gasteiger partial charge in [0.1, 0.15) is 11.5 Å². The second-order valence-electron chi connectivity index (χ2n) is 5.85. The van der Waals surface area contributed by atoms with E-state index in [-0.39, 0.29) is 30.5 Å². The number of aliphatic carboxylic acids is 1. The van der Waals surface area contributed by atoms with E-state index in [1.54, 1.807) is 30.6 Å². The Kier molecular flexibility index (Phi) is 5.75. The number of anilines is 1. The number of carboxylic acids is 1. The minimum Gasteiger partial charge on any atom is -0.481 e. The van der Waals surface area contributed by atoms with E-state index >= 15 is 0 Å². The summed E-state index contributed by atoms with van der Waals surface area (Å²) in [5, 5.41) is 9.16. The average Bonchev–Trinajstić information content (AvgIpc) is 2.66. The predicted molar refractivity (Wildman–Crippen MR) is 97.2 cm³/mol. The first-order chi connectivity index (χ1) is 13.0. The van der Waals surface area contributed by atoms with Crippen LogP contribution in [0.4, 0.5) is 5.69 Å². The number of hydrogen-bond donors (Lipinski definition) is 1. The number of rotatable bonds is 7. The molecule has 8 nitrogen and oxygen atoms in total. The molecular formula is C18H18ClN3O5. The van der Waals surface area contributed by atoms with Crippen molar-refractivity contribution in [1.29, 1.82) is 0 Å². The molecule has 1 aromatic heterocycles. The standard InChI is InChI=1S/C18H18ClN3O5/c1-2-13(18-20-5-3-6-21-18)27-14-9-15-12(8-11(14)19)22(7-4-17(24)25)16(23)10-26-15/h3,5-6,8-9,13H,2,4,7,10H2,1H3,(H,24,25)/t13-/m1/s1. The number of aromatic nitrogens is 2. The van der Waals surface area contributed by atoms with Gasteiger partial charge in [-0.2, -0.15) is 0 Å². The highest BCUT2D eigenvalue weighted by molar-refractivity contribution is 6.32. The number of halogens is 1. The Morgan fingerprint density at radius 1 is 1.41 bits per heavy atom. The zero-order valence-corrected chi connectivity index (χ0v) is 15.3. The lowest BCUT2D eigenvalue weighted by Crippen LogP contribution is -2.40. The van der Waals surface area contributed by atoms with Gasteiger partial charge in [-0.3, -0.25) is 9.59 Å². The highest BCUT2D eigenvalue weighted by Crippen LogP contribution is 2.41. The number of hydrogen-bond acceptors (Lipinski definition) is 6. The molecule has 27 heavy (non-hydrogen) atoms. The smallest absolute Gasteiger partial charge is 0.305 e. The van der Waals surface area contributed by atoms with E-state index in [0.29, 0.717) is 29.4 Å². The summed E-state index contributed by atoms with van der Waals surface area (Å²) in [6.07, 6.45) is 3.33. The quantitative estimate of drug-likeness (QED) is 0.774. The van der Waals surface area contributed by atoms with Gasteiger partial charge in [0.25, 0.3) is 5.91 Å². The van der Waals surface area contributed by atoms with Crippen LogP contribution in [0.2, 0.25) is 5.02 Å². The van der Waals surface area contributed by atoms with Gasteiger partial charge in [0.05, 0.1) is 17.1 Å². The number of carbonyl (C=O) groups is 2. The fourth-order valence-corrected chi connectivity index (χ4v) is 2.90. The fraction of sp³-hybridized carbons (Fsp3) is 0.333. The molecule has 0 unspecified atom stereocenters. The summed E-state index contributed by atoms with van der Waals surface area (Å²) in [5.74, 6) is 0.00610. The van der Waals surface area contributed by atoms with Crippen molar-refractivity contribution in [2.45, 2.75) is 25.9 Å². The van der Waals surface area contributed by atoms with Crippen molar-refractivity contribution in [2.75, 3.05) is 18.1 Å². The molecule has 2 aromatic rings. The molecule has 2 heterocycles. The van der Waals surface area contributed by atoms with Crippen molar-refractivity contribution in [3.63, 3.8) is 0 Å². The highest BCUT2D eigenvalue weighted by Gasteiger charge is 2.28. The van der Waals surface area contributed by atoms with Crippen LogP contribution in [0.3, 0.4) is 0 Å². The SMILES string of the molecule is CC[C@@H](Oc1cc2c(cc1Cl)N(CCC(=O)O)C(=O)CO2)c1ncccn1. The van der Waals surface area contributed by atoms with Gasteiger partial charge in [-0.25, -0.2) is 9.97 Å². The normalized spacial score (nSPS) is 14.3. The third kappa shape index (κ3) is 4.28. The lowest BCUT2D eigenvalue weighted by atomic mass is 10.2. The van der Waals surface area contributed by atoms with Gasteiger partial charge in [-0.15, -0.1) is 0 Å². The van der Waals surface area contributed by atoms with Crippen LogP contribution in [0.5, 0.6) is 11.5 Å². The molecule has 0 spiro atoms. The fourth-order valence-electron chi connectivity index (χ4n) is 2.69. The second kappa shape index (κ2) is 8.22. The summed E-state index contributed by atoms with van der Waals surface area (Å²) in [6.45, 7) is 1.80. The average molecular weight is 392 g/mol. The van der Waals surface area contributed by atoms with E-state index in [4.69, 9.17) is 26.2 Å². The Balaban J connectivity index is 1.87. The van der Waals surface area contributed by atoms with E-state index < -0.39 is 12.1 Å². The van der Waals surface area contributed by atoms with Gasteiger partial charge in [0.15, 0.2) is 18.5 Å². The van der Waals surface area contributed by atoms with E-state index in [2.05, 4.69) is 9.97 Å². The van der Waals surface area contributed by atoms with Crippen molar-refractivity contribution >= 4 is 29.2 Å². The largest absolute Gasteiger partial charge is 0.481 e. The van der Waals surface area contributed by atoms with Gasteiger partial charge in [-0.05, 0) is 18.6 Å². The first-order valence-electron chi connectivity index (χ1n) is 8.41. The summed E-state index contributed by atoms with van der Waals surface area (Å²) in [4.78, 5) is 32.7. The Bertz CT molecular complexity index is 846. The molecule has 1 amide bonds. The summed E-state index contributed by atoms with van der Waals surface area (Å²) >= 11 is 6.35. The van der Waals surface area contributed by atoms with Crippen LogP contribution < -0.4 is 14.4 Å². The van der Waals surface area contributed by atoms with Crippen molar-refractivity contribution in [2.24, 2.45) is 0 Å². The van der Waals surface area contributed by atoms with E-state index in [0.717, 1.165) is 0 Å². The molecule has 0 radical (unpaired) electrons. The van der Waals surface area contributed by atoms with E-state index in [1.165, 1.54) is 4.90 Å². The Morgan fingerprint density at radius 3 is 2.81 bits per heavy atom. The Morgan fingerprint density at radius 2 is 2.15 bits per heavy atom. The van der Waals surface area contributed by atoms with Crippen LogP contribution in [-0.2, 0) is 9.59 Å². The van der Waals surface area contributed by atoms with Gasteiger partial charge in [-0.1, -0.05) is 18.5 Å². The number of amides is 1. The van der Waals surface area contributed by atoms with Gasteiger partial charge in [0.2, 0.25) is 0 Å². The molecule has 1 aliphatic rings. The molecule has 3 rings (SSSR count). The summed E-state index contributed by atoms with van der Waals surface area (Å²) in [5.41, 5.74) is 0.425. The maximum Gasteiger partial charge on any atom is 0.305 e. The number of nitrogens with zero attached hydrogens (tertiary/aromatic N) is 3. The number of benzene rings is 1. The molecule has 1 atom stereocenters. The predicted octanol–water partition coefficient (Wildman–Crippen LogP) is 2.86. The van der Waals surface area contributed by atoms with E-state index in [9.17, 15) is 9.59 Å². The molecule has 9 heteroatoms. The van der Waals surface area contributed by atoms with Crippen LogP contribution in [-0.4, -0.2) is 40.1 Å². The zero-order valence-electron chi connectivity index (χ0n) is 14.6. The van der Waals surface area contributed by atoms with E-state index in [1.807, 2.05) is 6.92 Å². The molecule has 0 saturated carbocycles. The maximum absolute atomic E-state index is 12.1. The Hall–Kier alpha value is -2.87. The summed E-state index contributed by atoms with van der Waals surface area (Å²) < 4.78 is 11.5. The van der Waals surface area contributed by atoms with Crippen molar-refractivity contribution in [3.05, 3.63) is 41.4 Å². The molecule has 1 aliphatic heterocycles. The third-order valence-electron chi connectivity index (χ3n) is 4.02. The van der Waals surface area contributed by atoms with Gasteiger partial charge < -0.3 is 19.5 Å². The monoisotopic (exact) mass is 391 g/mol. The second-order valence-corrected chi connectivity index (χ2v) is 6.26. The first-order valence-corrected chi connectivity index (χ1v) is 8.79. The lowest BCUT2D eigenvalue weighted by molar-refractivity contribution is -0.136. The molecule has 0 fully saturated rings. The molecule has 1 aromatic carbocycles. The number of fused-ring (bicyclic) bond motifs is 1. The summed E-state index contributed by atoms with van der Waals surface area (Å²) in [7, 11) is 0. The molecular weight excluding hydrogens is 374 g/mol. The van der Waals surface area contributed by atoms with Crippen LogP contribution in [0, 0.1) is 0 Å². The molecule has 0 aliphatic carbocycles. The number of ether oxygens (including phenoxy) is 2. The molecule has 142 valence electrons. The third-order valence-corrected chi connectivity index (χ3v) is 4.31. The van der Waals surface area contributed by atoms with Crippen LogP contribution >= 0.6 is 11.6 Å². The number of carbonyl (C=O) groups excluding carboxylic acids is 1. The van der Waals surface area contributed by atoms with Crippen LogP contribution in [0.1, 0.15) is 31.7 Å². The summed E-state index contributed by atoms with van der Waals surface area (Å²) in [6, 6.07) is 4.87. The molecule has 0 saturated heterocycles. The van der Waals surface area contributed by atoms with Crippen molar-refractivity contribution in [1.82, 2.24) is 9.97 Å². The van der Waals surface area contributed by atoms with Crippen molar-refractivity contribution < 1.29 is 24.2 Å². The Labute approximate surface area is 160 Å². The zero-order chi connectivity index (χ0) is 19.4.